The van der Waals surface area contributed by atoms with Crippen molar-refractivity contribution in [3.63, 3.8) is 0 Å². The third-order valence-electron chi connectivity index (χ3n) is 2.19. The van der Waals surface area contributed by atoms with Crippen molar-refractivity contribution in [2.75, 3.05) is 6.61 Å². The van der Waals surface area contributed by atoms with E-state index in [1.165, 1.54) is 0 Å². The first-order valence-corrected chi connectivity index (χ1v) is 6.00. The lowest BCUT2D eigenvalue weighted by Crippen LogP contribution is -2.10. The molecule has 0 aliphatic heterocycles. The number of benzene rings is 1. The summed E-state index contributed by atoms with van der Waals surface area (Å²) in [5.41, 5.74) is 0.617. The van der Waals surface area contributed by atoms with Gasteiger partial charge in [-0.15, -0.1) is 0 Å². The number of rotatable bonds is 7. The number of halogens is 2. The van der Waals surface area contributed by atoms with Crippen LogP contribution in [0.2, 0.25) is 10.0 Å². The van der Waals surface area contributed by atoms with Crippen LogP contribution in [-0.4, -0.2) is 23.5 Å². The third kappa shape index (κ3) is 5.04. The number of ketones is 1. The molecule has 0 unspecified atom stereocenters. The first kappa shape index (κ1) is 15.0. The van der Waals surface area contributed by atoms with Crippen LogP contribution in [0.1, 0.15) is 18.4 Å². The maximum atomic E-state index is 11.3. The summed E-state index contributed by atoms with van der Waals surface area (Å²) in [6.07, 6.45) is -0.222. The second-order valence-electron chi connectivity index (χ2n) is 3.63. The van der Waals surface area contributed by atoms with E-state index in [9.17, 15) is 9.59 Å². The molecule has 4 nitrogen and oxygen atoms in total. The van der Waals surface area contributed by atoms with Crippen molar-refractivity contribution < 1.29 is 19.4 Å². The van der Waals surface area contributed by atoms with Gasteiger partial charge in [-0.1, -0.05) is 29.3 Å². The zero-order chi connectivity index (χ0) is 13.5. The average Bonchev–Trinajstić information content (AvgIpc) is 2.30. The van der Waals surface area contributed by atoms with E-state index in [2.05, 4.69) is 0 Å². The molecule has 6 heteroatoms. The molecule has 0 saturated heterocycles. The Morgan fingerprint density at radius 2 is 1.78 bits per heavy atom. The van der Waals surface area contributed by atoms with Gasteiger partial charge in [0.1, 0.15) is 6.61 Å². The molecule has 0 amide bonds. The number of aliphatic carboxylic acids is 1. The van der Waals surface area contributed by atoms with E-state index in [0.29, 0.717) is 15.6 Å². The summed E-state index contributed by atoms with van der Waals surface area (Å²) < 4.78 is 5.16. The first-order chi connectivity index (χ1) is 8.50. The minimum atomic E-state index is -1.00. The predicted molar refractivity (Wildman–Crippen MR) is 68.0 cm³/mol. The summed E-state index contributed by atoms with van der Waals surface area (Å²) in [6.45, 7) is -0.0217. The highest BCUT2D eigenvalue weighted by Gasteiger charge is 2.08. The number of carbonyl (C=O) groups is 2. The van der Waals surface area contributed by atoms with Crippen LogP contribution in [0.25, 0.3) is 0 Å². The minimum Gasteiger partial charge on any atom is -0.481 e. The summed E-state index contributed by atoms with van der Waals surface area (Å²) in [5.74, 6) is -1.27. The Labute approximate surface area is 114 Å². The molecule has 0 bridgehead atoms. The van der Waals surface area contributed by atoms with Crippen molar-refractivity contribution in [1.29, 1.82) is 0 Å². The van der Waals surface area contributed by atoms with Crippen molar-refractivity contribution in [3.8, 4) is 0 Å². The van der Waals surface area contributed by atoms with Gasteiger partial charge in [0.05, 0.1) is 13.0 Å². The lowest BCUT2D eigenvalue weighted by molar-refractivity contribution is -0.139. The fourth-order valence-electron chi connectivity index (χ4n) is 1.26. The molecule has 0 atom stereocenters. The maximum absolute atomic E-state index is 11.3. The average molecular weight is 291 g/mol. The summed E-state index contributed by atoms with van der Waals surface area (Å²) in [6, 6.07) is 5.07. The van der Waals surface area contributed by atoms with Gasteiger partial charge in [-0.05, 0) is 12.1 Å². The van der Waals surface area contributed by atoms with Crippen molar-refractivity contribution in [2.45, 2.75) is 19.4 Å². The van der Waals surface area contributed by atoms with E-state index >= 15 is 0 Å². The molecule has 1 rings (SSSR count). The van der Waals surface area contributed by atoms with E-state index in [1.807, 2.05) is 0 Å². The maximum Gasteiger partial charge on any atom is 0.303 e. The SMILES string of the molecule is O=C(O)CCC(=O)COCc1c(Cl)cccc1Cl. The number of Topliss-reactive ketones (excluding diaryl/α,β-unsaturated/α-hetero) is 1. The van der Waals surface area contributed by atoms with Gasteiger partial charge in [0.2, 0.25) is 0 Å². The lowest BCUT2D eigenvalue weighted by Gasteiger charge is -2.07. The number of carbonyl (C=O) groups excluding carboxylic acids is 1. The molecule has 0 aromatic heterocycles. The summed E-state index contributed by atoms with van der Waals surface area (Å²) >= 11 is 11.8. The van der Waals surface area contributed by atoms with Crippen LogP contribution in [0.5, 0.6) is 0 Å². The molecular weight excluding hydrogens is 279 g/mol. The zero-order valence-corrected chi connectivity index (χ0v) is 11.0. The van der Waals surface area contributed by atoms with Gasteiger partial charge < -0.3 is 9.84 Å². The van der Waals surface area contributed by atoms with E-state index < -0.39 is 5.97 Å². The van der Waals surface area contributed by atoms with Gasteiger partial charge in [-0.25, -0.2) is 0 Å². The van der Waals surface area contributed by atoms with Crippen molar-refractivity contribution in [3.05, 3.63) is 33.8 Å². The van der Waals surface area contributed by atoms with Crippen molar-refractivity contribution in [2.24, 2.45) is 0 Å². The summed E-state index contributed by atoms with van der Waals surface area (Å²) in [4.78, 5) is 21.5. The van der Waals surface area contributed by atoms with Gasteiger partial charge in [-0.3, -0.25) is 9.59 Å². The number of hydrogen-bond acceptors (Lipinski definition) is 3. The van der Waals surface area contributed by atoms with Crippen LogP contribution < -0.4 is 0 Å². The fourth-order valence-corrected chi connectivity index (χ4v) is 1.76. The van der Waals surface area contributed by atoms with Crippen molar-refractivity contribution in [1.82, 2.24) is 0 Å². The standard InChI is InChI=1S/C12H12Cl2O4/c13-10-2-1-3-11(14)9(10)7-18-6-8(15)4-5-12(16)17/h1-3H,4-7H2,(H,16,17). The number of carboxylic acids is 1. The Balaban J connectivity index is 2.38. The molecule has 1 aromatic rings. The molecule has 1 aromatic carbocycles. The predicted octanol–water partition coefficient (Wildman–Crippen LogP) is 2.94. The third-order valence-corrected chi connectivity index (χ3v) is 2.90. The molecule has 0 heterocycles. The molecule has 98 valence electrons. The van der Waals surface area contributed by atoms with Gasteiger partial charge in [0.25, 0.3) is 0 Å². The second kappa shape index (κ2) is 7.36. The van der Waals surface area contributed by atoms with Crippen LogP contribution in [0.4, 0.5) is 0 Å². The van der Waals surface area contributed by atoms with Crippen LogP contribution >= 0.6 is 23.2 Å². The molecule has 0 radical (unpaired) electrons. The summed E-state index contributed by atoms with van der Waals surface area (Å²) in [7, 11) is 0. The Morgan fingerprint density at radius 3 is 2.33 bits per heavy atom. The molecule has 0 spiro atoms. The fraction of sp³-hybridized carbons (Fsp3) is 0.333. The number of carboxylic acid groups (broad SMARTS) is 1. The van der Waals surface area contributed by atoms with E-state index in [4.69, 9.17) is 33.0 Å². The molecule has 0 aliphatic rings. The Morgan fingerprint density at radius 1 is 1.17 bits per heavy atom. The van der Waals surface area contributed by atoms with E-state index in [0.717, 1.165) is 0 Å². The Bertz CT molecular complexity index is 425. The van der Waals surface area contributed by atoms with Crippen LogP contribution in [0, 0.1) is 0 Å². The molecule has 0 saturated carbocycles. The number of ether oxygens (including phenoxy) is 1. The minimum absolute atomic E-state index is 0.0361. The quantitative estimate of drug-likeness (QED) is 0.839. The topological polar surface area (TPSA) is 63.6 Å². The van der Waals surface area contributed by atoms with Crippen LogP contribution in [0.3, 0.4) is 0 Å². The molecule has 0 aliphatic carbocycles. The Hall–Kier alpha value is -1.10. The summed E-state index contributed by atoms with van der Waals surface area (Å²) in [5, 5.41) is 9.36. The number of hydrogen-bond donors (Lipinski definition) is 1. The highest BCUT2D eigenvalue weighted by molar-refractivity contribution is 6.35. The molecule has 1 N–H and O–H groups in total. The molecular formula is C12H12Cl2O4. The zero-order valence-electron chi connectivity index (χ0n) is 9.49. The van der Waals surface area contributed by atoms with Crippen molar-refractivity contribution >= 4 is 35.0 Å². The van der Waals surface area contributed by atoms with E-state index in [1.54, 1.807) is 18.2 Å². The van der Waals surface area contributed by atoms with Gasteiger partial charge in [-0.2, -0.15) is 0 Å². The molecule has 18 heavy (non-hydrogen) atoms. The smallest absolute Gasteiger partial charge is 0.303 e. The Kier molecular flexibility index (Phi) is 6.12. The highest BCUT2D eigenvalue weighted by atomic mass is 35.5. The highest BCUT2D eigenvalue weighted by Crippen LogP contribution is 2.24. The largest absolute Gasteiger partial charge is 0.481 e. The normalized spacial score (nSPS) is 10.3. The van der Waals surface area contributed by atoms with E-state index in [-0.39, 0.29) is 31.8 Å². The van der Waals surface area contributed by atoms with Gasteiger partial charge >= 0.3 is 5.97 Å². The monoisotopic (exact) mass is 290 g/mol. The van der Waals surface area contributed by atoms with Crippen LogP contribution in [0.15, 0.2) is 18.2 Å². The first-order valence-electron chi connectivity index (χ1n) is 5.25. The van der Waals surface area contributed by atoms with Gasteiger partial charge in [0.15, 0.2) is 5.78 Å². The van der Waals surface area contributed by atoms with Gasteiger partial charge in [0, 0.05) is 22.0 Å². The van der Waals surface area contributed by atoms with Crippen LogP contribution in [-0.2, 0) is 20.9 Å². The second-order valence-corrected chi connectivity index (χ2v) is 4.44. The molecule has 0 fully saturated rings. The lowest BCUT2D eigenvalue weighted by atomic mass is 10.2.